The second-order valence-corrected chi connectivity index (χ2v) is 5.54. The van der Waals surface area contributed by atoms with Gasteiger partial charge in [-0.2, -0.15) is 18.3 Å². The summed E-state index contributed by atoms with van der Waals surface area (Å²) >= 11 is 1.43. The van der Waals surface area contributed by atoms with E-state index in [4.69, 9.17) is 0 Å². The molecule has 19 heavy (non-hydrogen) atoms. The van der Waals surface area contributed by atoms with Crippen molar-refractivity contribution in [2.75, 3.05) is 0 Å². The minimum Gasteiger partial charge on any atom is -0.262 e. The number of aromatic nitrogens is 3. The Bertz CT molecular complexity index is 572. The Labute approximate surface area is 112 Å². The van der Waals surface area contributed by atoms with Crippen LogP contribution < -0.4 is 0 Å². The monoisotopic (exact) mass is 287 g/mol. The predicted molar refractivity (Wildman–Crippen MR) is 65.1 cm³/mol. The zero-order valence-corrected chi connectivity index (χ0v) is 10.9. The van der Waals surface area contributed by atoms with Crippen molar-refractivity contribution in [1.82, 2.24) is 14.8 Å². The fraction of sp³-hybridized carbons (Fsp3) is 0.500. The van der Waals surface area contributed by atoms with Gasteiger partial charge < -0.3 is 0 Å². The summed E-state index contributed by atoms with van der Waals surface area (Å²) < 4.78 is 40.4. The molecule has 0 saturated heterocycles. The van der Waals surface area contributed by atoms with Gasteiger partial charge >= 0.3 is 6.18 Å². The molecular weight excluding hydrogens is 275 g/mol. The minimum absolute atomic E-state index is 0.329. The third-order valence-electron chi connectivity index (χ3n) is 3.29. The lowest BCUT2D eigenvalue weighted by atomic mass is 9.95. The van der Waals surface area contributed by atoms with E-state index in [1.807, 2.05) is 5.38 Å². The van der Waals surface area contributed by atoms with Crippen molar-refractivity contribution in [1.29, 1.82) is 0 Å². The van der Waals surface area contributed by atoms with Crippen molar-refractivity contribution in [3.8, 4) is 0 Å². The highest BCUT2D eigenvalue weighted by Gasteiger charge is 2.39. The van der Waals surface area contributed by atoms with Crippen molar-refractivity contribution in [3.63, 3.8) is 0 Å². The van der Waals surface area contributed by atoms with E-state index < -0.39 is 11.9 Å². The standard InChI is InChI=1S/C12H12F3N3S/c13-12(14,15)11-8-3-1-2-4-9(8)18(17-11)7-10-16-5-6-19-10/h5-6H,1-4,7H2. The number of alkyl halides is 3. The van der Waals surface area contributed by atoms with Gasteiger partial charge in [-0.1, -0.05) is 0 Å². The van der Waals surface area contributed by atoms with E-state index in [1.54, 1.807) is 6.20 Å². The second kappa shape index (κ2) is 4.63. The van der Waals surface area contributed by atoms with E-state index in [2.05, 4.69) is 10.1 Å². The molecule has 3 nitrogen and oxygen atoms in total. The summed E-state index contributed by atoms with van der Waals surface area (Å²) in [6, 6.07) is 0. The van der Waals surface area contributed by atoms with Crippen LogP contribution in [0, 0.1) is 0 Å². The third-order valence-corrected chi connectivity index (χ3v) is 4.06. The van der Waals surface area contributed by atoms with Gasteiger partial charge in [0.05, 0.1) is 6.54 Å². The van der Waals surface area contributed by atoms with Crippen LogP contribution in [-0.2, 0) is 25.6 Å². The Morgan fingerprint density at radius 2 is 2.05 bits per heavy atom. The molecule has 0 unspecified atom stereocenters. The fourth-order valence-corrected chi connectivity index (χ4v) is 3.09. The van der Waals surface area contributed by atoms with Gasteiger partial charge in [-0.3, -0.25) is 4.68 Å². The van der Waals surface area contributed by atoms with Crippen molar-refractivity contribution in [2.24, 2.45) is 0 Å². The summed E-state index contributed by atoms with van der Waals surface area (Å²) in [4.78, 5) is 4.11. The highest BCUT2D eigenvalue weighted by Crippen LogP contribution is 2.36. The number of hydrogen-bond acceptors (Lipinski definition) is 3. The molecule has 102 valence electrons. The highest BCUT2D eigenvalue weighted by atomic mass is 32.1. The van der Waals surface area contributed by atoms with Gasteiger partial charge in [0.2, 0.25) is 0 Å². The summed E-state index contributed by atoms with van der Waals surface area (Å²) in [5.74, 6) is 0. The Morgan fingerprint density at radius 3 is 2.74 bits per heavy atom. The van der Waals surface area contributed by atoms with Crippen molar-refractivity contribution >= 4 is 11.3 Å². The topological polar surface area (TPSA) is 30.7 Å². The van der Waals surface area contributed by atoms with Crippen LogP contribution in [0.2, 0.25) is 0 Å². The Balaban J connectivity index is 2.02. The summed E-state index contributed by atoms with van der Waals surface area (Å²) in [6.45, 7) is 0.329. The second-order valence-electron chi connectivity index (χ2n) is 4.56. The maximum absolute atomic E-state index is 13.0. The Morgan fingerprint density at radius 1 is 1.26 bits per heavy atom. The highest BCUT2D eigenvalue weighted by molar-refractivity contribution is 7.09. The summed E-state index contributed by atoms with van der Waals surface area (Å²) in [5, 5.41) is 6.39. The van der Waals surface area contributed by atoms with Gasteiger partial charge in [0.15, 0.2) is 5.69 Å². The molecular formula is C12H12F3N3S. The molecule has 3 rings (SSSR count). The van der Waals surface area contributed by atoms with Crippen LogP contribution in [0.25, 0.3) is 0 Å². The number of thiazole rings is 1. The molecule has 0 saturated carbocycles. The first-order valence-corrected chi connectivity index (χ1v) is 6.98. The van der Waals surface area contributed by atoms with E-state index in [0.717, 1.165) is 23.5 Å². The molecule has 1 aliphatic rings. The molecule has 0 fully saturated rings. The molecule has 0 aromatic carbocycles. The normalized spacial score (nSPS) is 15.5. The van der Waals surface area contributed by atoms with Crippen LogP contribution in [0.5, 0.6) is 0 Å². The summed E-state index contributed by atoms with van der Waals surface area (Å²) in [5.41, 5.74) is 0.405. The van der Waals surface area contributed by atoms with Gasteiger partial charge in [-0.15, -0.1) is 11.3 Å². The van der Waals surface area contributed by atoms with Gasteiger partial charge in [0.25, 0.3) is 0 Å². The van der Waals surface area contributed by atoms with E-state index in [-0.39, 0.29) is 0 Å². The van der Waals surface area contributed by atoms with Crippen LogP contribution in [0.1, 0.15) is 34.8 Å². The maximum Gasteiger partial charge on any atom is 0.435 e. The maximum atomic E-state index is 13.0. The summed E-state index contributed by atoms with van der Waals surface area (Å²) in [6.07, 6.45) is 0.162. The first-order valence-electron chi connectivity index (χ1n) is 6.10. The zero-order valence-electron chi connectivity index (χ0n) is 10.1. The largest absolute Gasteiger partial charge is 0.435 e. The molecule has 2 heterocycles. The molecule has 1 aliphatic carbocycles. The van der Waals surface area contributed by atoms with Crippen molar-refractivity contribution < 1.29 is 13.2 Å². The number of rotatable bonds is 2. The lowest BCUT2D eigenvalue weighted by Crippen LogP contribution is -2.11. The first kappa shape index (κ1) is 12.7. The van der Waals surface area contributed by atoms with Crippen LogP contribution >= 0.6 is 11.3 Å². The van der Waals surface area contributed by atoms with Gasteiger partial charge in [-0.25, -0.2) is 4.98 Å². The van der Waals surface area contributed by atoms with E-state index >= 15 is 0 Å². The first-order chi connectivity index (χ1) is 9.05. The molecule has 7 heteroatoms. The van der Waals surface area contributed by atoms with Crippen molar-refractivity contribution in [3.05, 3.63) is 33.5 Å². The fourth-order valence-electron chi connectivity index (χ4n) is 2.49. The molecule has 0 atom stereocenters. The number of halogens is 3. The van der Waals surface area contributed by atoms with Gasteiger partial charge in [0.1, 0.15) is 5.01 Å². The smallest absolute Gasteiger partial charge is 0.262 e. The predicted octanol–water partition coefficient (Wildman–Crippen LogP) is 3.29. The minimum atomic E-state index is -4.37. The molecule has 2 aromatic heterocycles. The molecule has 0 spiro atoms. The number of nitrogens with zero attached hydrogens (tertiary/aromatic N) is 3. The van der Waals surface area contributed by atoms with Crippen LogP contribution in [0.3, 0.4) is 0 Å². The Hall–Kier alpha value is -1.37. The zero-order chi connectivity index (χ0) is 13.5. The molecule has 0 radical (unpaired) electrons. The molecule has 2 aromatic rings. The SMILES string of the molecule is FC(F)(F)c1nn(Cc2nccs2)c2c1CCCC2. The summed E-state index contributed by atoms with van der Waals surface area (Å²) in [7, 11) is 0. The van der Waals surface area contributed by atoms with E-state index in [1.165, 1.54) is 16.0 Å². The molecule has 0 aliphatic heterocycles. The van der Waals surface area contributed by atoms with Gasteiger partial charge in [0, 0.05) is 22.8 Å². The lowest BCUT2D eigenvalue weighted by Gasteiger charge is -2.14. The van der Waals surface area contributed by atoms with E-state index in [0.29, 0.717) is 24.9 Å². The molecule has 0 N–H and O–H groups in total. The average molecular weight is 287 g/mol. The van der Waals surface area contributed by atoms with Gasteiger partial charge in [-0.05, 0) is 25.7 Å². The number of hydrogen-bond donors (Lipinski definition) is 0. The number of fused-ring (bicyclic) bond motifs is 1. The Kier molecular flexibility index (Phi) is 3.08. The quantitative estimate of drug-likeness (QED) is 0.848. The molecule has 0 amide bonds. The van der Waals surface area contributed by atoms with Crippen molar-refractivity contribution in [2.45, 2.75) is 38.4 Å². The van der Waals surface area contributed by atoms with Crippen LogP contribution in [0.15, 0.2) is 11.6 Å². The third kappa shape index (κ3) is 2.39. The van der Waals surface area contributed by atoms with Crippen LogP contribution in [0.4, 0.5) is 13.2 Å². The lowest BCUT2D eigenvalue weighted by molar-refractivity contribution is -0.142. The van der Waals surface area contributed by atoms with E-state index in [9.17, 15) is 13.2 Å². The molecule has 0 bridgehead atoms. The average Bonchev–Trinajstić information content (AvgIpc) is 2.97. The van der Waals surface area contributed by atoms with Crippen LogP contribution in [-0.4, -0.2) is 14.8 Å².